The summed E-state index contributed by atoms with van der Waals surface area (Å²) in [5.41, 5.74) is 6.14. The van der Waals surface area contributed by atoms with Crippen LogP contribution in [-0.4, -0.2) is 21.5 Å². The Bertz CT molecular complexity index is 442. The Morgan fingerprint density at radius 1 is 1.36 bits per heavy atom. The fraction of sp³-hybridized carbons (Fsp3) is 0.125. The quantitative estimate of drug-likeness (QED) is 0.802. The first-order valence-corrected chi connectivity index (χ1v) is 4.67. The third kappa shape index (κ3) is 1.64. The molecule has 0 saturated heterocycles. The second-order valence-corrected chi connectivity index (χ2v) is 3.30. The molecule has 72 valence electrons. The molecule has 5 nitrogen and oxygen atoms in total. The van der Waals surface area contributed by atoms with Crippen molar-refractivity contribution in [1.29, 1.82) is 0 Å². The number of hydrogen-bond acceptors (Lipinski definition) is 6. The van der Waals surface area contributed by atoms with Crippen LogP contribution in [0.25, 0.3) is 11.5 Å². The Hall–Kier alpha value is -1.69. The molecule has 0 aliphatic carbocycles. The highest BCUT2D eigenvalue weighted by Crippen LogP contribution is 2.19. The predicted molar refractivity (Wildman–Crippen MR) is 54.1 cm³/mol. The molecule has 0 atom stereocenters. The van der Waals surface area contributed by atoms with Gasteiger partial charge >= 0.3 is 0 Å². The molecular weight excluding hydrogens is 200 g/mol. The average molecular weight is 208 g/mol. The van der Waals surface area contributed by atoms with Gasteiger partial charge in [-0.05, 0) is 6.07 Å². The lowest BCUT2D eigenvalue weighted by atomic mass is 10.3. The standard InChI is InChI=1S/C8H8N4OS/c1-13-6-4-2-3-5(10-6)7-11-8(9)14-12-7/h2-4H,1H3,(H2,9,11,12). The predicted octanol–water partition coefficient (Wildman–Crippen LogP) is 1.19. The van der Waals surface area contributed by atoms with Crippen LogP contribution in [0.5, 0.6) is 5.88 Å². The number of pyridine rings is 1. The molecule has 0 radical (unpaired) electrons. The van der Waals surface area contributed by atoms with Gasteiger partial charge in [0.2, 0.25) is 5.88 Å². The lowest BCUT2D eigenvalue weighted by molar-refractivity contribution is 0.398. The summed E-state index contributed by atoms with van der Waals surface area (Å²) >= 11 is 1.15. The zero-order valence-corrected chi connectivity index (χ0v) is 8.28. The number of nitrogens with two attached hydrogens (primary N) is 1. The van der Waals surface area contributed by atoms with Crippen molar-refractivity contribution in [2.75, 3.05) is 12.8 Å². The number of rotatable bonds is 2. The zero-order chi connectivity index (χ0) is 9.97. The van der Waals surface area contributed by atoms with E-state index in [-0.39, 0.29) is 0 Å². The minimum absolute atomic E-state index is 0.435. The smallest absolute Gasteiger partial charge is 0.213 e. The van der Waals surface area contributed by atoms with Gasteiger partial charge in [0.05, 0.1) is 7.11 Å². The summed E-state index contributed by atoms with van der Waals surface area (Å²) in [4.78, 5) is 8.20. The van der Waals surface area contributed by atoms with Gasteiger partial charge in [-0.25, -0.2) is 4.98 Å². The van der Waals surface area contributed by atoms with Gasteiger partial charge in [0.1, 0.15) is 5.69 Å². The molecule has 0 amide bonds. The Kier molecular flexibility index (Phi) is 2.28. The summed E-state index contributed by atoms with van der Waals surface area (Å²) in [6, 6.07) is 5.40. The van der Waals surface area contributed by atoms with E-state index in [0.717, 1.165) is 11.5 Å². The van der Waals surface area contributed by atoms with Gasteiger partial charge < -0.3 is 10.5 Å². The SMILES string of the molecule is COc1cccc(-c2nsc(N)n2)n1. The van der Waals surface area contributed by atoms with Crippen LogP contribution in [0.1, 0.15) is 0 Å². The minimum atomic E-state index is 0.435. The lowest BCUT2D eigenvalue weighted by Crippen LogP contribution is -1.91. The van der Waals surface area contributed by atoms with Crippen LogP contribution >= 0.6 is 11.5 Å². The Labute approximate surface area is 84.7 Å². The van der Waals surface area contributed by atoms with Crippen molar-refractivity contribution in [3.8, 4) is 17.4 Å². The highest BCUT2D eigenvalue weighted by Gasteiger charge is 2.06. The summed E-state index contributed by atoms with van der Waals surface area (Å²) in [6.07, 6.45) is 0. The summed E-state index contributed by atoms with van der Waals surface area (Å²) in [5.74, 6) is 1.07. The monoisotopic (exact) mass is 208 g/mol. The van der Waals surface area contributed by atoms with Gasteiger partial charge in [-0.15, -0.1) is 0 Å². The molecule has 0 spiro atoms. The van der Waals surface area contributed by atoms with Crippen LogP contribution in [0.2, 0.25) is 0 Å². The van der Waals surface area contributed by atoms with E-state index in [4.69, 9.17) is 10.5 Å². The highest BCUT2D eigenvalue weighted by molar-refractivity contribution is 7.09. The maximum absolute atomic E-state index is 5.47. The van der Waals surface area contributed by atoms with E-state index in [9.17, 15) is 0 Å². The summed E-state index contributed by atoms with van der Waals surface area (Å²) in [7, 11) is 1.56. The molecule has 14 heavy (non-hydrogen) atoms. The van der Waals surface area contributed by atoms with E-state index in [0.29, 0.717) is 22.5 Å². The molecule has 0 aliphatic heterocycles. The summed E-state index contributed by atoms with van der Waals surface area (Å²) < 4.78 is 9.04. The fourth-order valence-corrected chi connectivity index (χ4v) is 1.43. The molecule has 0 bridgehead atoms. The molecule has 0 aromatic carbocycles. The van der Waals surface area contributed by atoms with Gasteiger partial charge in [-0.2, -0.15) is 9.36 Å². The van der Waals surface area contributed by atoms with E-state index < -0.39 is 0 Å². The average Bonchev–Trinajstić information content (AvgIpc) is 2.65. The molecule has 0 unspecified atom stereocenters. The first kappa shape index (κ1) is 8.89. The second-order valence-electron chi connectivity index (χ2n) is 2.52. The van der Waals surface area contributed by atoms with E-state index in [1.165, 1.54) is 0 Å². The Morgan fingerprint density at radius 2 is 2.21 bits per heavy atom. The maximum Gasteiger partial charge on any atom is 0.213 e. The number of nitrogen functional groups attached to an aromatic ring is 1. The summed E-state index contributed by atoms with van der Waals surface area (Å²) in [5, 5.41) is 0.435. The lowest BCUT2D eigenvalue weighted by Gasteiger charge is -1.98. The molecule has 0 fully saturated rings. The molecule has 2 heterocycles. The number of hydrogen-bond donors (Lipinski definition) is 1. The van der Waals surface area contributed by atoms with Gasteiger partial charge in [0.25, 0.3) is 0 Å². The Morgan fingerprint density at radius 3 is 2.86 bits per heavy atom. The zero-order valence-electron chi connectivity index (χ0n) is 7.47. The van der Waals surface area contributed by atoms with Crippen molar-refractivity contribution in [2.24, 2.45) is 0 Å². The molecule has 2 aromatic rings. The number of anilines is 1. The largest absolute Gasteiger partial charge is 0.481 e. The molecule has 2 N–H and O–H groups in total. The van der Waals surface area contributed by atoms with Crippen LogP contribution in [0.3, 0.4) is 0 Å². The second kappa shape index (κ2) is 3.59. The van der Waals surface area contributed by atoms with Crippen LogP contribution in [-0.2, 0) is 0 Å². The topological polar surface area (TPSA) is 73.9 Å². The molecule has 6 heteroatoms. The van der Waals surface area contributed by atoms with Crippen LogP contribution < -0.4 is 10.5 Å². The first-order chi connectivity index (χ1) is 6.79. The molecule has 2 rings (SSSR count). The third-order valence-corrected chi connectivity index (χ3v) is 2.15. The fourth-order valence-electron chi connectivity index (χ4n) is 0.992. The van der Waals surface area contributed by atoms with Crippen molar-refractivity contribution in [3.63, 3.8) is 0 Å². The molecule has 2 aromatic heterocycles. The third-order valence-electron chi connectivity index (χ3n) is 1.60. The molecule has 0 aliphatic rings. The van der Waals surface area contributed by atoms with Gasteiger partial charge in [-0.1, -0.05) is 6.07 Å². The van der Waals surface area contributed by atoms with Crippen molar-refractivity contribution < 1.29 is 4.74 Å². The molecule has 0 saturated carbocycles. The van der Waals surface area contributed by atoms with E-state index in [1.54, 1.807) is 13.2 Å². The van der Waals surface area contributed by atoms with E-state index >= 15 is 0 Å². The highest BCUT2D eigenvalue weighted by atomic mass is 32.1. The normalized spacial score (nSPS) is 10.1. The van der Waals surface area contributed by atoms with Crippen molar-refractivity contribution in [2.45, 2.75) is 0 Å². The number of aromatic nitrogens is 3. The summed E-state index contributed by atoms with van der Waals surface area (Å²) in [6.45, 7) is 0. The molecular formula is C8H8N4OS. The van der Waals surface area contributed by atoms with Crippen molar-refractivity contribution in [1.82, 2.24) is 14.3 Å². The van der Waals surface area contributed by atoms with Crippen LogP contribution in [0, 0.1) is 0 Å². The van der Waals surface area contributed by atoms with Gasteiger partial charge in [-0.3, -0.25) is 0 Å². The van der Waals surface area contributed by atoms with Crippen LogP contribution in [0.4, 0.5) is 5.13 Å². The van der Waals surface area contributed by atoms with Gasteiger partial charge in [0.15, 0.2) is 11.0 Å². The van der Waals surface area contributed by atoms with E-state index in [1.807, 2.05) is 12.1 Å². The van der Waals surface area contributed by atoms with Crippen molar-refractivity contribution >= 4 is 16.7 Å². The van der Waals surface area contributed by atoms with Crippen LogP contribution in [0.15, 0.2) is 18.2 Å². The van der Waals surface area contributed by atoms with Gasteiger partial charge in [0, 0.05) is 17.6 Å². The number of ether oxygens (including phenoxy) is 1. The number of nitrogens with zero attached hydrogens (tertiary/aromatic N) is 3. The first-order valence-electron chi connectivity index (χ1n) is 3.90. The van der Waals surface area contributed by atoms with Crippen molar-refractivity contribution in [3.05, 3.63) is 18.2 Å². The Balaban J connectivity index is 2.41. The minimum Gasteiger partial charge on any atom is -0.481 e. The number of methoxy groups -OCH3 is 1. The maximum atomic E-state index is 5.47. The van der Waals surface area contributed by atoms with E-state index in [2.05, 4.69) is 14.3 Å².